The first-order valence-corrected chi connectivity index (χ1v) is 10.1. The number of ether oxygens (including phenoxy) is 5. The third kappa shape index (κ3) is 15.9. The number of rotatable bonds is 16. The van der Waals surface area contributed by atoms with Crippen molar-refractivity contribution >= 4 is 11.9 Å². The number of carbonyl (C=O) groups excluding carboxylic acids is 2. The van der Waals surface area contributed by atoms with E-state index >= 15 is 0 Å². The van der Waals surface area contributed by atoms with Gasteiger partial charge in [-0.15, -0.1) is 0 Å². The van der Waals surface area contributed by atoms with Crippen molar-refractivity contribution in [3.05, 3.63) is 35.9 Å². The van der Waals surface area contributed by atoms with Gasteiger partial charge in [0.1, 0.15) is 19.8 Å². The molecule has 0 atom stereocenters. The quantitative estimate of drug-likeness (QED) is 0.320. The van der Waals surface area contributed by atoms with E-state index in [2.05, 4.69) is 26.1 Å². The van der Waals surface area contributed by atoms with Gasteiger partial charge < -0.3 is 29.0 Å². The standard InChI is InChI=1S/C22H35NO7/c1-22(2,3)18-23-20(24)16-28-13-11-26-9-10-27-12-14-29-17-21(25)30-15-19-7-5-4-6-8-19/h4-8H,9-18H2,1-3H3,(H,23,24). The Morgan fingerprint density at radius 1 is 0.800 bits per heavy atom. The van der Waals surface area contributed by atoms with Crippen LogP contribution in [-0.4, -0.2) is 71.3 Å². The fourth-order valence-electron chi connectivity index (χ4n) is 2.07. The molecule has 0 aliphatic carbocycles. The predicted molar refractivity (Wildman–Crippen MR) is 112 cm³/mol. The monoisotopic (exact) mass is 425 g/mol. The second-order valence-electron chi connectivity index (χ2n) is 7.81. The zero-order valence-electron chi connectivity index (χ0n) is 18.3. The van der Waals surface area contributed by atoms with E-state index in [-0.39, 0.29) is 31.1 Å². The molecule has 0 aromatic heterocycles. The Bertz CT molecular complexity index is 587. The van der Waals surface area contributed by atoms with Crippen LogP contribution in [0.15, 0.2) is 30.3 Å². The molecule has 0 saturated heterocycles. The molecule has 0 radical (unpaired) electrons. The molecule has 0 spiro atoms. The number of benzene rings is 1. The molecule has 0 unspecified atom stereocenters. The Hall–Kier alpha value is -2.00. The molecule has 1 aromatic carbocycles. The normalized spacial score (nSPS) is 11.3. The van der Waals surface area contributed by atoms with E-state index in [1.54, 1.807) is 0 Å². The summed E-state index contributed by atoms with van der Waals surface area (Å²) >= 11 is 0. The number of esters is 1. The van der Waals surface area contributed by atoms with E-state index in [0.29, 0.717) is 46.2 Å². The summed E-state index contributed by atoms with van der Waals surface area (Å²) in [5, 5.41) is 2.81. The van der Waals surface area contributed by atoms with Crippen molar-refractivity contribution in [1.82, 2.24) is 5.32 Å². The first-order chi connectivity index (χ1) is 14.4. The number of carbonyl (C=O) groups is 2. The summed E-state index contributed by atoms with van der Waals surface area (Å²) < 4.78 is 26.3. The fraction of sp³-hybridized carbons (Fsp3) is 0.636. The molecule has 0 heterocycles. The summed E-state index contributed by atoms with van der Waals surface area (Å²) in [6, 6.07) is 9.47. The molecular formula is C22H35NO7. The number of nitrogens with one attached hydrogen (secondary N) is 1. The molecule has 1 amide bonds. The third-order valence-electron chi connectivity index (χ3n) is 3.63. The van der Waals surface area contributed by atoms with Crippen LogP contribution in [0.1, 0.15) is 26.3 Å². The van der Waals surface area contributed by atoms with Gasteiger partial charge in [-0.05, 0) is 11.0 Å². The predicted octanol–water partition coefficient (Wildman–Crippen LogP) is 1.96. The summed E-state index contributed by atoms with van der Waals surface area (Å²) in [7, 11) is 0. The second-order valence-corrected chi connectivity index (χ2v) is 7.81. The van der Waals surface area contributed by atoms with E-state index < -0.39 is 5.97 Å². The van der Waals surface area contributed by atoms with Gasteiger partial charge in [-0.1, -0.05) is 51.1 Å². The van der Waals surface area contributed by atoms with Gasteiger partial charge in [0.05, 0.1) is 39.6 Å². The lowest BCUT2D eigenvalue weighted by molar-refractivity contribution is -0.150. The maximum atomic E-state index is 11.6. The lowest BCUT2D eigenvalue weighted by Gasteiger charge is -2.18. The van der Waals surface area contributed by atoms with Crippen molar-refractivity contribution in [3.63, 3.8) is 0 Å². The smallest absolute Gasteiger partial charge is 0.332 e. The van der Waals surface area contributed by atoms with Crippen LogP contribution in [0.4, 0.5) is 0 Å². The van der Waals surface area contributed by atoms with Gasteiger partial charge in [-0.2, -0.15) is 0 Å². The summed E-state index contributed by atoms with van der Waals surface area (Å²) in [6.45, 7) is 9.15. The molecular weight excluding hydrogens is 390 g/mol. The second kappa shape index (κ2) is 15.8. The van der Waals surface area contributed by atoms with Gasteiger partial charge >= 0.3 is 5.97 Å². The first kappa shape index (κ1) is 26.0. The lowest BCUT2D eigenvalue weighted by Crippen LogP contribution is -2.34. The van der Waals surface area contributed by atoms with Crippen LogP contribution < -0.4 is 5.32 Å². The molecule has 1 aromatic rings. The van der Waals surface area contributed by atoms with Crippen molar-refractivity contribution in [1.29, 1.82) is 0 Å². The summed E-state index contributed by atoms with van der Waals surface area (Å²) in [4.78, 5) is 23.1. The molecule has 8 heteroatoms. The molecule has 30 heavy (non-hydrogen) atoms. The van der Waals surface area contributed by atoms with Crippen molar-refractivity contribution in [3.8, 4) is 0 Å². The van der Waals surface area contributed by atoms with Gasteiger partial charge in [0, 0.05) is 6.54 Å². The zero-order valence-corrected chi connectivity index (χ0v) is 18.3. The van der Waals surface area contributed by atoms with Crippen LogP contribution in [0.3, 0.4) is 0 Å². The molecule has 170 valence electrons. The minimum Gasteiger partial charge on any atom is -0.459 e. The highest BCUT2D eigenvalue weighted by Crippen LogP contribution is 2.09. The molecule has 1 N–H and O–H groups in total. The Morgan fingerprint density at radius 3 is 1.90 bits per heavy atom. The van der Waals surface area contributed by atoms with Crippen LogP contribution in [0.5, 0.6) is 0 Å². The van der Waals surface area contributed by atoms with E-state index in [9.17, 15) is 9.59 Å². The van der Waals surface area contributed by atoms with Gasteiger partial charge in [-0.25, -0.2) is 4.79 Å². The molecule has 0 fully saturated rings. The summed E-state index contributed by atoms with van der Waals surface area (Å²) in [6.07, 6.45) is 0. The minimum absolute atomic E-state index is 0.0288. The average molecular weight is 426 g/mol. The van der Waals surface area contributed by atoms with Gasteiger partial charge in [0.15, 0.2) is 0 Å². The highest BCUT2D eigenvalue weighted by atomic mass is 16.6. The molecule has 0 aliphatic rings. The minimum atomic E-state index is -0.408. The zero-order chi connectivity index (χ0) is 22.1. The Morgan fingerprint density at radius 2 is 1.33 bits per heavy atom. The lowest BCUT2D eigenvalue weighted by atomic mass is 9.97. The molecule has 1 rings (SSSR count). The van der Waals surface area contributed by atoms with E-state index in [4.69, 9.17) is 23.7 Å². The van der Waals surface area contributed by atoms with Crippen molar-refractivity contribution < 1.29 is 33.3 Å². The first-order valence-electron chi connectivity index (χ1n) is 10.1. The Labute approximate surface area is 179 Å². The van der Waals surface area contributed by atoms with Gasteiger partial charge in [-0.3, -0.25) is 4.79 Å². The van der Waals surface area contributed by atoms with Crippen LogP contribution in [0, 0.1) is 5.41 Å². The van der Waals surface area contributed by atoms with Crippen LogP contribution in [0.2, 0.25) is 0 Å². The summed E-state index contributed by atoms with van der Waals surface area (Å²) in [5.74, 6) is -0.536. The maximum Gasteiger partial charge on any atom is 0.332 e. The number of hydrogen-bond donors (Lipinski definition) is 1. The van der Waals surface area contributed by atoms with Crippen LogP contribution in [0.25, 0.3) is 0 Å². The average Bonchev–Trinajstić information content (AvgIpc) is 2.71. The molecule has 0 saturated carbocycles. The van der Waals surface area contributed by atoms with Crippen LogP contribution in [-0.2, 0) is 39.9 Å². The van der Waals surface area contributed by atoms with Gasteiger partial charge in [0.2, 0.25) is 5.91 Å². The van der Waals surface area contributed by atoms with Crippen LogP contribution >= 0.6 is 0 Å². The Kier molecular flexibility index (Phi) is 13.7. The molecule has 8 nitrogen and oxygen atoms in total. The Balaban J connectivity index is 1.82. The van der Waals surface area contributed by atoms with Crippen molar-refractivity contribution in [2.75, 3.05) is 59.4 Å². The molecule has 0 aliphatic heterocycles. The van der Waals surface area contributed by atoms with Gasteiger partial charge in [0.25, 0.3) is 0 Å². The largest absolute Gasteiger partial charge is 0.459 e. The van der Waals surface area contributed by atoms with Crippen molar-refractivity contribution in [2.24, 2.45) is 5.41 Å². The van der Waals surface area contributed by atoms with E-state index in [0.717, 1.165) is 5.56 Å². The van der Waals surface area contributed by atoms with Crippen molar-refractivity contribution in [2.45, 2.75) is 27.4 Å². The fourth-order valence-corrected chi connectivity index (χ4v) is 2.07. The highest BCUT2D eigenvalue weighted by Gasteiger charge is 2.11. The van der Waals surface area contributed by atoms with E-state index in [1.165, 1.54) is 0 Å². The van der Waals surface area contributed by atoms with E-state index in [1.807, 2.05) is 30.3 Å². The number of hydrogen-bond acceptors (Lipinski definition) is 7. The number of amides is 1. The highest BCUT2D eigenvalue weighted by molar-refractivity contribution is 5.77. The SMILES string of the molecule is CC(C)(C)CNC(=O)COCCOCCOCCOCC(=O)OCc1ccccc1. The molecule has 0 bridgehead atoms. The topological polar surface area (TPSA) is 92.3 Å². The summed E-state index contributed by atoms with van der Waals surface area (Å²) in [5.41, 5.74) is 0.985. The third-order valence-corrected chi connectivity index (χ3v) is 3.63. The maximum absolute atomic E-state index is 11.6.